The Kier molecular flexibility index (Phi) is 5.38. The monoisotopic (exact) mass is 404 g/mol. The first-order valence-corrected chi connectivity index (χ1v) is 9.13. The molecule has 1 aliphatic rings. The quantitative estimate of drug-likeness (QED) is 0.766. The number of hydrogen-bond donors (Lipinski definition) is 1. The SMILES string of the molecule is COCCNC(=O)c1ccc2c(c1)N=C(C)c1cc(Br)ccc1S2. The van der Waals surface area contributed by atoms with E-state index >= 15 is 0 Å². The molecule has 124 valence electrons. The van der Waals surface area contributed by atoms with Crippen LogP contribution >= 0.6 is 27.7 Å². The molecule has 0 unspecified atom stereocenters. The van der Waals surface area contributed by atoms with Crippen molar-refractivity contribution in [1.29, 1.82) is 0 Å². The van der Waals surface area contributed by atoms with E-state index in [2.05, 4.69) is 33.4 Å². The van der Waals surface area contributed by atoms with Crippen molar-refractivity contribution in [1.82, 2.24) is 5.32 Å². The minimum absolute atomic E-state index is 0.114. The van der Waals surface area contributed by atoms with Crippen LogP contribution in [0.25, 0.3) is 0 Å². The maximum atomic E-state index is 12.2. The Hall–Kier alpha value is -1.63. The van der Waals surface area contributed by atoms with Crippen LogP contribution in [0.4, 0.5) is 5.69 Å². The number of fused-ring (bicyclic) bond motifs is 2. The Morgan fingerprint density at radius 3 is 2.83 bits per heavy atom. The number of carbonyl (C=O) groups excluding carboxylic acids is 1. The van der Waals surface area contributed by atoms with Gasteiger partial charge in [0.2, 0.25) is 0 Å². The number of aliphatic imine (C=N–C) groups is 1. The van der Waals surface area contributed by atoms with Crippen LogP contribution in [0.2, 0.25) is 0 Å². The maximum Gasteiger partial charge on any atom is 0.251 e. The van der Waals surface area contributed by atoms with Gasteiger partial charge in [0.15, 0.2) is 0 Å². The van der Waals surface area contributed by atoms with Crippen molar-refractivity contribution in [2.45, 2.75) is 16.7 Å². The van der Waals surface area contributed by atoms with Crippen molar-refractivity contribution in [2.24, 2.45) is 4.99 Å². The van der Waals surface area contributed by atoms with E-state index in [0.29, 0.717) is 18.7 Å². The molecule has 1 amide bonds. The first kappa shape index (κ1) is 17.2. The third-order valence-corrected chi connectivity index (χ3v) is 5.29. The van der Waals surface area contributed by atoms with E-state index in [-0.39, 0.29) is 5.91 Å². The molecule has 0 bridgehead atoms. The topological polar surface area (TPSA) is 50.7 Å². The fourth-order valence-electron chi connectivity index (χ4n) is 2.43. The van der Waals surface area contributed by atoms with Crippen molar-refractivity contribution in [2.75, 3.05) is 20.3 Å². The molecule has 0 fully saturated rings. The summed E-state index contributed by atoms with van der Waals surface area (Å²) in [5, 5.41) is 2.83. The molecule has 2 aromatic rings. The van der Waals surface area contributed by atoms with Crippen LogP contribution < -0.4 is 5.32 Å². The van der Waals surface area contributed by atoms with Gasteiger partial charge in [-0.1, -0.05) is 27.7 Å². The number of ether oxygens (including phenoxy) is 1. The zero-order valence-corrected chi connectivity index (χ0v) is 15.8. The number of amides is 1. The number of nitrogens with one attached hydrogen (secondary N) is 1. The third-order valence-electron chi connectivity index (χ3n) is 3.65. The van der Waals surface area contributed by atoms with Crippen molar-refractivity contribution in [3.8, 4) is 0 Å². The van der Waals surface area contributed by atoms with E-state index in [1.165, 1.54) is 0 Å². The van der Waals surface area contributed by atoms with E-state index < -0.39 is 0 Å². The molecule has 2 aromatic carbocycles. The predicted molar refractivity (Wildman–Crippen MR) is 101 cm³/mol. The van der Waals surface area contributed by atoms with Crippen molar-refractivity contribution in [3.63, 3.8) is 0 Å². The average molecular weight is 405 g/mol. The summed E-state index contributed by atoms with van der Waals surface area (Å²) >= 11 is 5.18. The molecule has 4 nitrogen and oxygen atoms in total. The highest BCUT2D eigenvalue weighted by Crippen LogP contribution is 2.41. The van der Waals surface area contributed by atoms with E-state index in [1.54, 1.807) is 18.9 Å². The van der Waals surface area contributed by atoms with Gasteiger partial charge >= 0.3 is 0 Å². The fourth-order valence-corrected chi connectivity index (χ4v) is 3.83. The van der Waals surface area contributed by atoms with Gasteiger partial charge in [-0.15, -0.1) is 0 Å². The van der Waals surface area contributed by atoms with Gasteiger partial charge in [0.05, 0.1) is 12.3 Å². The molecule has 24 heavy (non-hydrogen) atoms. The fraction of sp³-hybridized carbons (Fsp3) is 0.222. The molecule has 1 heterocycles. The Labute approximate surface area is 153 Å². The minimum Gasteiger partial charge on any atom is -0.383 e. The molecule has 0 saturated carbocycles. The molecule has 0 spiro atoms. The summed E-state index contributed by atoms with van der Waals surface area (Å²) < 4.78 is 5.98. The van der Waals surface area contributed by atoms with Crippen LogP contribution in [-0.2, 0) is 4.74 Å². The number of hydrogen-bond acceptors (Lipinski definition) is 4. The summed E-state index contributed by atoms with van der Waals surface area (Å²) in [5.74, 6) is -0.114. The zero-order chi connectivity index (χ0) is 17.1. The highest BCUT2D eigenvalue weighted by atomic mass is 79.9. The van der Waals surface area contributed by atoms with E-state index in [4.69, 9.17) is 9.73 Å². The molecule has 0 radical (unpaired) electrons. The molecule has 1 N–H and O–H groups in total. The second kappa shape index (κ2) is 7.51. The van der Waals surface area contributed by atoms with Gasteiger partial charge in [-0.3, -0.25) is 9.79 Å². The highest BCUT2D eigenvalue weighted by molar-refractivity contribution is 9.10. The zero-order valence-electron chi connectivity index (χ0n) is 13.4. The first-order chi connectivity index (χ1) is 11.6. The second-order valence-corrected chi connectivity index (χ2v) is 7.37. The molecule has 3 rings (SSSR count). The van der Waals surface area contributed by atoms with Gasteiger partial charge in [-0.05, 0) is 43.3 Å². The molecule has 0 aliphatic carbocycles. The van der Waals surface area contributed by atoms with Crippen molar-refractivity contribution in [3.05, 3.63) is 52.0 Å². The summed E-state index contributed by atoms with van der Waals surface area (Å²) in [5.41, 5.74) is 3.48. The smallest absolute Gasteiger partial charge is 0.251 e. The first-order valence-electron chi connectivity index (χ1n) is 7.53. The molecule has 0 aromatic heterocycles. The number of benzene rings is 2. The Balaban J connectivity index is 1.92. The normalized spacial score (nSPS) is 12.7. The number of halogens is 1. The van der Waals surface area contributed by atoms with Crippen LogP contribution in [0.1, 0.15) is 22.8 Å². The van der Waals surface area contributed by atoms with Crippen LogP contribution in [0.15, 0.2) is 55.7 Å². The van der Waals surface area contributed by atoms with E-state index in [0.717, 1.165) is 31.2 Å². The maximum absolute atomic E-state index is 12.2. The highest BCUT2D eigenvalue weighted by Gasteiger charge is 2.17. The number of nitrogens with zero attached hydrogens (tertiary/aromatic N) is 1. The Bertz CT molecular complexity index is 821. The summed E-state index contributed by atoms with van der Waals surface area (Å²) in [6.45, 7) is 2.98. The Morgan fingerprint density at radius 2 is 2.04 bits per heavy atom. The molecule has 6 heteroatoms. The third kappa shape index (κ3) is 3.71. The number of carbonyl (C=O) groups is 1. The largest absolute Gasteiger partial charge is 0.383 e. The molecular weight excluding hydrogens is 388 g/mol. The molecule has 1 aliphatic heterocycles. The molecular formula is C18H17BrN2O2S. The van der Waals surface area contributed by atoms with E-state index in [1.807, 2.05) is 31.2 Å². The summed E-state index contributed by atoms with van der Waals surface area (Å²) in [7, 11) is 1.61. The van der Waals surface area contributed by atoms with Crippen LogP contribution in [0, 0.1) is 0 Å². The molecule has 0 atom stereocenters. The average Bonchev–Trinajstić information content (AvgIpc) is 2.70. The van der Waals surface area contributed by atoms with Gasteiger partial charge in [0, 0.05) is 44.8 Å². The van der Waals surface area contributed by atoms with Crippen LogP contribution in [0.3, 0.4) is 0 Å². The van der Waals surface area contributed by atoms with Gasteiger partial charge < -0.3 is 10.1 Å². The lowest BCUT2D eigenvalue weighted by molar-refractivity contribution is 0.0937. The number of rotatable bonds is 4. The minimum atomic E-state index is -0.114. The van der Waals surface area contributed by atoms with Crippen LogP contribution in [-0.4, -0.2) is 31.9 Å². The summed E-state index contributed by atoms with van der Waals surface area (Å²) in [6.07, 6.45) is 0. The second-order valence-electron chi connectivity index (χ2n) is 5.37. The van der Waals surface area contributed by atoms with Gasteiger partial charge in [0.25, 0.3) is 5.91 Å². The predicted octanol–water partition coefficient (Wildman–Crippen LogP) is 4.43. The van der Waals surface area contributed by atoms with Gasteiger partial charge in [-0.25, -0.2) is 0 Å². The molecule has 0 saturated heterocycles. The summed E-state index contributed by atoms with van der Waals surface area (Å²) in [6, 6.07) is 11.8. The number of methoxy groups -OCH3 is 1. The van der Waals surface area contributed by atoms with E-state index in [9.17, 15) is 4.79 Å². The van der Waals surface area contributed by atoms with Crippen molar-refractivity contribution < 1.29 is 9.53 Å². The summed E-state index contributed by atoms with van der Waals surface area (Å²) in [4.78, 5) is 19.1. The van der Waals surface area contributed by atoms with Crippen LogP contribution in [0.5, 0.6) is 0 Å². The lowest BCUT2D eigenvalue weighted by Crippen LogP contribution is -2.26. The van der Waals surface area contributed by atoms with Gasteiger partial charge in [0.1, 0.15) is 0 Å². The lowest BCUT2D eigenvalue weighted by atomic mass is 10.1. The van der Waals surface area contributed by atoms with Gasteiger partial charge in [-0.2, -0.15) is 0 Å². The Morgan fingerprint density at radius 1 is 1.25 bits per heavy atom. The van der Waals surface area contributed by atoms with Crippen molar-refractivity contribution >= 4 is 45.0 Å². The lowest BCUT2D eigenvalue weighted by Gasteiger charge is -2.08. The standard InChI is InChI=1S/C18H17BrN2O2S/c1-11-14-10-13(19)4-6-16(14)24-17-5-3-12(9-15(17)21-11)18(22)20-7-8-23-2/h3-6,9-10H,7-8H2,1-2H3,(H,20,22).